The normalized spacial score (nSPS) is 11.5. The fourth-order valence-corrected chi connectivity index (χ4v) is 3.66. The van der Waals surface area contributed by atoms with Crippen LogP contribution in [0.15, 0.2) is 52.3 Å². The summed E-state index contributed by atoms with van der Waals surface area (Å²) in [7, 11) is 1.53. The molecule has 0 aliphatic heterocycles. The predicted molar refractivity (Wildman–Crippen MR) is 116 cm³/mol. The minimum atomic E-state index is -0.380. The molecule has 0 saturated heterocycles. The number of halogens is 1. The number of aryl methyl sites for hydroxylation is 1. The van der Waals surface area contributed by atoms with Crippen LogP contribution in [0.2, 0.25) is 0 Å². The average Bonchev–Trinajstić information content (AvgIpc) is 3.40. The van der Waals surface area contributed by atoms with Crippen molar-refractivity contribution in [3.8, 4) is 11.3 Å². The van der Waals surface area contributed by atoms with Crippen molar-refractivity contribution in [1.29, 1.82) is 0 Å². The molecule has 9 heteroatoms. The van der Waals surface area contributed by atoms with Crippen LogP contribution in [0.25, 0.3) is 22.3 Å². The molecule has 1 aromatic carbocycles. The van der Waals surface area contributed by atoms with Crippen LogP contribution in [0.5, 0.6) is 0 Å². The number of ether oxygens (including phenoxy) is 1. The van der Waals surface area contributed by atoms with Crippen LogP contribution in [0, 0.1) is 5.82 Å². The topological polar surface area (TPSA) is 86.8 Å². The number of benzene rings is 1. The Morgan fingerprint density at radius 3 is 2.71 bits per heavy atom. The molecule has 0 unspecified atom stereocenters. The molecule has 0 radical (unpaired) electrons. The average molecular weight is 425 g/mol. The fraction of sp³-hybridized carbons (Fsp3) is 0.318. The SMILES string of the molecule is CCCn1c(=O)n(CCOC)c(=O)c2[nH]c(-c3cnn(Cc4ccccc4F)c3)cc21. The number of hydrogen-bond donors (Lipinski definition) is 1. The monoisotopic (exact) mass is 425 g/mol. The number of nitrogens with zero attached hydrogens (tertiary/aromatic N) is 4. The molecule has 8 nitrogen and oxygen atoms in total. The van der Waals surface area contributed by atoms with Crippen LogP contribution in [-0.4, -0.2) is 37.6 Å². The molecule has 4 aromatic rings. The molecule has 31 heavy (non-hydrogen) atoms. The van der Waals surface area contributed by atoms with Gasteiger partial charge in [-0.1, -0.05) is 25.1 Å². The summed E-state index contributed by atoms with van der Waals surface area (Å²) in [6, 6.07) is 8.35. The molecule has 0 bridgehead atoms. The summed E-state index contributed by atoms with van der Waals surface area (Å²) in [6.07, 6.45) is 4.18. The van der Waals surface area contributed by atoms with Gasteiger partial charge in [-0.15, -0.1) is 0 Å². The first kappa shape index (κ1) is 20.8. The van der Waals surface area contributed by atoms with Gasteiger partial charge >= 0.3 is 5.69 Å². The Bertz CT molecular complexity index is 1330. The largest absolute Gasteiger partial charge is 0.383 e. The van der Waals surface area contributed by atoms with E-state index in [1.807, 2.05) is 6.92 Å². The lowest BCUT2D eigenvalue weighted by Crippen LogP contribution is -2.40. The van der Waals surface area contributed by atoms with Crippen molar-refractivity contribution in [3.05, 3.63) is 74.9 Å². The summed E-state index contributed by atoms with van der Waals surface area (Å²) in [4.78, 5) is 29.0. The highest BCUT2D eigenvalue weighted by atomic mass is 19.1. The number of hydrogen-bond acceptors (Lipinski definition) is 4. The van der Waals surface area contributed by atoms with Crippen molar-refractivity contribution in [2.45, 2.75) is 33.0 Å². The minimum Gasteiger partial charge on any atom is -0.383 e. The smallest absolute Gasteiger partial charge is 0.331 e. The highest BCUT2D eigenvalue weighted by Gasteiger charge is 2.17. The molecule has 162 valence electrons. The van der Waals surface area contributed by atoms with Crippen molar-refractivity contribution in [1.82, 2.24) is 23.9 Å². The molecule has 1 N–H and O–H groups in total. The van der Waals surface area contributed by atoms with Crippen LogP contribution in [0.4, 0.5) is 4.39 Å². The first-order valence-corrected chi connectivity index (χ1v) is 10.1. The summed E-state index contributed by atoms with van der Waals surface area (Å²) in [5.74, 6) is -0.287. The molecular formula is C22H24FN5O3. The molecule has 3 aromatic heterocycles. The maximum absolute atomic E-state index is 13.9. The fourth-order valence-electron chi connectivity index (χ4n) is 3.66. The Kier molecular flexibility index (Phi) is 5.85. The van der Waals surface area contributed by atoms with Crippen LogP contribution in [0.1, 0.15) is 18.9 Å². The van der Waals surface area contributed by atoms with Crippen molar-refractivity contribution in [2.24, 2.45) is 0 Å². The number of nitrogens with one attached hydrogen (secondary N) is 1. The Balaban J connectivity index is 1.76. The summed E-state index contributed by atoms with van der Waals surface area (Å²) in [5.41, 5.74) is 2.13. The molecule has 0 atom stereocenters. The van der Waals surface area contributed by atoms with Crippen LogP contribution in [-0.2, 0) is 24.4 Å². The zero-order valence-corrected chi connectivity index (χ0v) is 17.5. The van der Waals surface area contributed by atoms with Gasteiger partial charge in [0.05, 0.1) is 37.1 Å². The maximum Gasteiger partial charge on any atom is 0.331 e. The van der Waals surface area contributed by atoms with Crippen molar-refractivity contribution in [3.63, 3.8) is 0 Å². The Labute approximate surface area is 177 Å². The van der Waals surface area contributed by atoms with E-state index < -0.39 is 0 Å². The van der Waals surface area contributed by atoms with Gasteiger partial charge in [-0.05, 0) is 18.6 Å². The zero-order valence-electron chi connectivity index (χ0n) is 17.5. The van der Waals surface area contributed by atoms with E-state index in [9.17, 15) is 14.0 Å². The van der Waals surface area contributed by atoms with Gasteiger partial charge in [0.15, 0.2) is 0 Å². The first-order valence-electron chi connectivity index (χ1n) is 10.1. The van der Waals surface area contributed by atoms with Gasteiger partial charge in [-0.25, -0.2) is 9.18 Å². The zero-order chi connectivity index (χ0) is 22.0. The van der Waals surface area contributed by atoms with E-state index in [0.29, 0.717) is 28.8 Å². The van der Waals surface area contributed by atoms with Gasteiger partial charge in [0.2, 0.25) is 0 Å². The van der Waals surface area contributed by atoms with Crippen LogP contribution < -0.4 is 11.2 Å². The number of H-pyrrole nitrogens is 1. The third kappa shape index (κ3) is 3.96. The van der Waals surface area contributed by atoms with Gasteiger partial charge in [-0.2, -0.15) is 5.10 Å². The molecule has 0 amide bonds. The number of methoxy groups -OCH3 is 1. The van der Waals surface area contributed by atoms with Gasteiger partial charge in [0.1, 0.15) is 11.3 Å². The molecule has 3 heterocycles. The van der Waals surface area contributed by atoms with Crippen LogP contribution in [0.3, 0.4) is 0 Å². The third-order valence-corrected chi connectivity index (χ3v) is 5.21. The quantitative estimate of drug-likeness (QED) is 0.470. The van der Waals surface area contributed by atoms with Crippen molar-refractivity contribution in [2.75, 3.05) is 13.7 Å². The summed E-state index contributed by atoms with van der Waals surface area (Å²) >= 11 is 0. The van der Waals surface area contributed by atoms with Crippen molar-refractivity contribution >= 4 is 11.0 Å². The molecule has 0 fully saturated rings. The number of aromatic amines is 1. The summed E-state index contributed by atoms with van der Waals surface area (Å²) in [6.45, 7) is 3.21. The lowest BCUT2D eigenvalue weighted by atomic mass is 10.2. The molecular weight excluding hydrogens is 401 g/mol. The van der Waals surface area contributed by atoms with E-state index in [4.69, 9.17) is 4.74 Å². The standard InChI is InChI=1S/C22H24FN5O3/c1-3-8-27-19-11-18(25-20(19)21(29)28(22(27)30)9-10-31-2)16-12-24-26(14-16)13-15-6-4-5-7-17(15)23/h4-7,11-12,14,25H,3,8-10,13H2,1-2H3. The van der Waals surface area contributed by atoms with Gasteiger partial charge in [-0.3, -0.25) is 18.6 Å². The second kappa shape index (κ2) is 8.73. The molecule has 4 rings (SSSR count). The first-order chi connectivity index (χ1) is 15.0. The number of fused-ring (bicyclic) bond motifs is 1. The molecule has 0 saturated carbocycles. The molecule has 0 aliphatic rings. The maximum atomic E-state index is 13.9. The number of rotatable bonds is 8. The second-order valence-corrected chi connectivity index (χ2v) is 7.35. The van der Waals surface area contributed by atoms with Crippen molar-refractivity contribution < 1.29 is 9.13 Å². The number of aromatic nitrogens is 5. The highest BCUT2D eigenvalue weighted by molar-refractivity contribution is 5.82. The van der Waals surface area contributed by atoms with E-state index in [1.54, 1.807) is 45.9 Å². The third-order valence-electron chi connectivity index (χ3n) is 5.21. The summed E-state index contributed by atoms with van der Waals surface area (Å²) < 4.78 is 23.4. The predicted octanol–water partition coefficient (Wildman–Crippen LogP) is 2.60. The minimum absolute atomic E-state index is 0.183. The highest BCUT2D eigenvalue weighted by Crippen LogP contribution is 2.22. The van der Waals surface area contributed by atoms with E-state index in [1.165, 1.54) is 17.7 Å². The van der Waals surface area contributed by atoms with Gasteiger partial charge in [0.25, 0.3) is 5.56 Å². The Morgan fingerprint density at radius 1 is 1.16 bits per heavy atom. The summed E-state index contributed by atoms with van der Waals surface area (Å²) in [5, 5.41) is 4.32. The van der Waals surface area contributed by atoms with Crippen LogP contribution >= 0.6 is 0 Å². The van der Waals surface area contributed by atoms with Gasteiger partial charge < -0.3 is 9.72 Å². The van der Waals surface area contributed by atoms with E-state index in [0.717, 1.165) is 12.0 Å². The van der Waals surface area contributed by atoms with E-state index in [2.05, 4.69) is 10.1 Å². The van der Waals surface area contributed by atoms with E-state index >= 15 is 0 Å². The molecule has 0 spiro atoms. The van der Waals surface area contributed by atoms with Gasteiger partial charge in [0, 0.05) is 31.0 Å². The Morgan fingerprint density at radius 2 is 1.97 bits per heavy atom. The lowest BCUT2D eigenvalue weighted by Gasteiger charge is -2.10. The lowest BCUT2D eigenvalue weighted by molar-refractivity contribution is 0.184. The Hall–Kier alpha value is -3.46. The molecule has 0 aliphatic carbocycles. The van der Waals surface area contributed by atoms with E-state index in [-0.39, 0.29) is 36.8 Å². The second-order valence-electron chi connectivity index (χ2n) is 7.35.